The molecule has 0 aliphatic carbocycles. The lowest BCUT2D eigenvalue weighted by Crippen LogP contribution is -2.59. The quantitative estimate of drug-likeness (QED) is 0.486. The Labute approximate surface area is 193 Å². The fraction of sp³-hybridized carbons (Fsp3) is 0.269. The molecule has 2 aromatic heterocycles. The lowest BCUT2D eigenvalue weighted by molar-refractivity contribution is 0.0824. The van der Waals surface area contributed by atoms with Crippen molar-refractivity contribution in [3.8, 4) is 22.8 Å². The summed E-state index contributed by atoms with van der Waals surface area (Å²) in [6.45, 7) is 6.95. The molecule has 168 valence electrons. The molecular formula is C26H27N5O2. The van der Waals surface area contributed by atoms with Crippen molar-refractivity contribution in [1.29, 1.82) is 0 Å². The van der Waals surface area contributed by atoms with Crippen molar-refractivity contribution in [3.05, 3.63) is 72.1 Å². The van der Waals surface area contributed by atoms with E-state index in [1.54, 1.807) is 6.20 Å². The predicted molar refractivity (Wildman–Crippen MR) is 129 cm³/mol. The minimum atomic E-state index is -0.0181. The summed E-state index contributed by atoms with van der Waals surface area (Å²) in [5, 5.41) is 8.47. The standard InChI is InChI=1S/C26H27N5O2/c1-4-31-15-20(16-31)29-26(32)23-8-6-18(11-17(23)2)24-12-22(9-10-27-24)33-21-7-5-19-14-28-30(3)25(19)13-21/h5-14,20H,4,15-16H2,1-3H3,(H,29,32). The number of aromatic nitrogens is 3. The number of carbonyl (C=O) groups is 1. The first-order valence-electron chi connectivity index (χ1n) is 11.2. The van der Waals surface area contributed by atoms with Gasteiger partial charge in [0.15, 0.2) is 0 Å². The number of ether oxygens (including phenoxy) is 1. The van der Waals surface area contributed by atoms with Crippen LogP contribution in [0.5, 0.6) is 11.5 Å². The highest BCUT2D eigenvalue weighted by atomic mass is 16.5. The number of nitrogens with one attached hydrogen (secondary N) is 1. The Morgan fingerprint density at radius 2 is 1.94 bits per heavy atom. The summed E-state index contributed by atoms with van der Waals surface area (Å²) in [6.07, 6.45) is 3.57. The first kappa shape index (κ1) is 21.2. The summed E-state index contributed by atoms with van der Waals surface area (Å²) in [5.41, 5.74) is 4.37. The first-order valence-corrected chi connectivity index (χ1v) is 11.2. The lowest BCUT2D eigenvalue weighted by atomic mass is 10.0. The first-order chi connectivity index (χ1) is 16.0. The van der Waals surface area contributed by atoms with Crippen LogP contribution in [-0.2, 0) is 7.05 Å². The molecule has 0 unspecified atom stereocenters. The van der Waals surface area contributed by atoms with E-state index in [4.69, 9.17) is 4.74 Å². The highest BCUT2D eigenvalue weighted by Crippen LogP contribution is 2.29. The monoisotopic (exact) mass is 441 g/mol. The van der Waals surface area contributed by atoms with E-state index in [1.807, 2.05) is 73.4 Å². The van der Waals surface area contributed by atoms with Crippen molar-refractivity contribution in [1.82, 2.24) is 25.0 Å². The molecule has 1 amide bonds. The van der Waals surface area contributed by atoms with Crippen LogP contribution in [0.4, 0.5) is 0 Å². The summed E-state index contributed by atoms with van der Waals surface area (Å²) < 4.78 is 7.92. The number of hydrogen-bond donors (Lipinski definition) is 1. The third-order valence-corrected chi connectivity index (χ3v) is 6.19. The van der Waals surface area contributed by atoms with Crippen LogP contribution in [0.15, 0.2) is 60.9 Å². The number of carbonyl (C=O) groups excluding carboxylic acids is 1. The highest BCUT2D eigenvalue weighted by Gasteiger charge is 2.27. The summed E-state index contributed by atoms with van der Waals surface area (Å²) in [5.74, 6) is 1.42. The van der Waals surface area contributed by atoms with Gasteiger partial charge in [-0.05, 0) is 49.4 Å². The van der Waals surface area contributed by atoms with Gasteiger partial charge in [0.05, 0.1) is 23.4 Å². The maximum absolute atomic E-state index is 12.7. The number of likely N-dealkylation sites (tertiary alicyclic amines) is 1. The van der Waals surface area contributed by atoms with E-state index in [1.165, 1.54) is 0 Å². The second kappa shape index (κ2) is 8.67. The number of likely N-dealkylation sites (N-methyl/N-ethyl adjacent to an activating group) is 1. The Balaban J connectivity index is 1.32. The van der Waals surface area contributed by atoms with Crippen molar-refractivity contribution >= 4 is 16.8 Å². The lowest BCUT2D eigenvalue weighted by Gasteiger charge is -2.38. The van der Waals surface area contributed by atoms with Gasteiger partial charge < -0.3 is 10.1 Å². The van der Waals surface area contributed by atoms with E-state index in [9.17, 15) is 4.79 Å². The molecule has 1 aliphatic rings. The molecule has 1 N–H and O–H groups in total. The van der Waals surface area contributed by atoms with E-state index in [-0.39, 0.29) is 11.9 Å². The van der Waals surface area contributed by atoms with Crippen LogP contribution in [0.1, 0.15) is 22.8 Å². The minimum absolute atomic E-state index is 0.0181. The molecule has 5 rings (SSSR count). The molecule has 4 aromatic rings. The van der Waals surface area contributed by atoms with Gasteiger partial charge in [0.25, 0.3) is 5.91 Å². The summed E-state index contributed by atoms with van der Waals surface area (Å²) in [4.78, 5) is 19.5. The van der Waals surface area contributed by atoms with Gasteiger partial charge in [-0.15, -0.1) is 0 Å². The third kappa shape index (κ3) is 4.32. The van der Waals surface area contributed by atoms with Crippen LogP contribution in [-0.4, -0.2) is 51.2 Å². The average Bonchev–Trinajstić information content (AvgIpc) is 3.16. The Hall–Kier alpha value is -3.71. The molecule has 7 nitrogen and oxygen atoms in total. The molecule has 2 aromatic carbocycles. The fourth-order valence-corrected chi connectivity index (χ4v) is 4.22. The third-order valence-electron chi connectivity index (χ3n) is 6.19. The number of hydrogen-bond acceptors (Lipinski definition) is 5. The number of nitrogens with zero attached hydrogens (tertiary/aromatic N) is 4. The molecule has 0 bridgehead atoms. The summed E-state index contributed by atoms with van der Waals surface area (Å²) >= 11 is 0. The molecule has 0 spiro atoms. The van der Waals surface area contributed by atoms with E-state index in [0.29, 0.717) is 11.3 Å². The normalized spacial score (nSPS) is 14.3. The van der Waals surface area contributed by atoms with Crippen LogP contribution in [0.2, 0.25) is 0 Å². The van der Waals surface area contributed by atoms with Gasteiger partial charge in [0.2, 0.25) is 0 Å². The number of amides is 1. The zero-order chi connectivity index (χ0) is 22.9. The van der Waals surface area contributed by atoms with Crippen LogP contribution < -0.4 is 10.1 Å². The van der Waals surface area contributed by atoms with Crippen LogP contribution in [0.3, 0.4) is 0 Å². The zero-order valence-corrected chi connectivity index (χ0v) is 19.1. The molecule has 7 heteroatoms. The second-order valence-electron chi connectivity index (χ2n) is 8.52. The van der Waals surface area contributed by atoms with E-state index in [0.717, 1.165) is 53.1 Å². The maximum Gasteiger partial charge on any atom is 0.251 e. The predicted octanol–water partition coefficient (Wildman–Crippen LogP) is 4.17. The van der Waals surface area contributed by atoms with Gasteiger partial charge in [-0.1, -0.05) is 13.0 Å². The van der Waals surface area contributed by atoms with Crippen molar-refractivity contribution in [2.45, 2.75) is 19.9 Å². The Morgan fingerprint density at radius 1 is 1.12 bits per heavy atom. The van der Waals surface area contributed by atoms with Crippen molar-refractivity contribution < 1.29 is 9.53 Å². The topological polar surface area (TPSA) is 72.3 Å². The fourth-order valence-electron chi connectivity index (χ4n) is 4.22. The van der Waals surface area contributed by atoms with Gasteiger partial charge in [0.1, 0.15) is 11.5 Å². The number of rotatable bonds is 6. The van der Waals surface area contributed by atoms with Gasteiger partial charge in [0, 0.05) is 55.0 Å². The second-order valence-corrected chi connectivity index (χ2v) is 8.52. The van der Waals surface area contributed by atoms with Crippen LogP contribution in [0.25, 0.3) is 22.2 Å². The molecule has 33 heavy (non-hydrogen) atoms. The number of fused-ring (bicyclic) bond motifs is 1. The Kier molecular flexibility index (Phi) is 5.56. The van der Waals surface area contributed by atoms with E-state index < -0.39 is 0 Å². The van der Waals surface area contributed by atoms with E-state index >= 15 is 0 Å². The Morgan fingerprint density at radius 3 is 2.73 bits per heavy atom. The summed E-state index contributed by atoms with van der Waals surface area (Å²) in [6, 6.07) is 15.7. The smallest absolute Gasteiger partial charge is 0.251 e. The highest BCUT2D eigenvalue weighted by molar-refractivity contribution is 5.96. The average molecular weight is 442 g/mol. The molecule has 0 saturated carbocycles. The number of aryl methyl sites for hydroxylation is 2. The molecule has 3 heterocycles. The maximum atomic E-state index is 12.7. The van der Waals surface area contributed by atoms with Crippen molar-refractivity contribution in [2.75, 3.05) is 19.6 Å². The summed E-state index contributed by atoms with van der Waals surface area (Å²) in [7, 11) is 1.91. The largest absolute Gasteiger partial charge is 0.457 e. The number of pyridine rings is 1. The SMILES string of the molecule is CCN1CC(NC(=O)c2ccc(-c3cc(Oc4ccc5cnn(C)c5c4)ccn3)cc2C)C1. The van der Waals surface area contributed by atoms with E-state index in [2.05, 4.69) is 27.2 Å². The van der Waals surface area contributed by atoms with Crippen molar-refractivity contribution in [2.24, 2.45) is 7.05 Å². The molecule has 1 aliphatic heterocycles. The van der Waals surface area contributed by atoms with Gasteiger partial charge >= 0.3 is 0 Å². The molecular weight excluding hydrogens is 414 g/mol. The van der Waals surface area contributed by atoms with Gasteiger partial charge in [-0.3, -0.25) is 19.4 Å². The van der Waals surface area contributed by atoms with Crippen LogP contribution >= 0.6 is 0 Å². The molecule has 1 saturated heterocycles. The molecule has 1 fully saturated rings. The minimum Gasteiger partial charge on any atom is -0.457 e. The molecule has 0 radical (unpaired) electrons. The zero-order valence-electron chi connectivity index (χ0n) is 19.1. The number of benzene rings is 2. The Bertz CT molecular complexity index is 1320. The van der Waals surface area contributed by atoms with Crippen LogP contribution in [0, 0.1) is 6.92 Å². The van der Waals surface area contributed by atoms with Gasteiger partial charge in [-0.2, -0.15) is 5.10 Å². The van der Waals surface area contributed by atoms with Crippen molar-refractivity contribution in [3.63, 3.8) is 0 Å². The molecule has 0 atom stereocenters. The van der Waals surface area contributed by atoms with Gasteiger partial charge in [-0.25, -0.2) is 0 Å².